The quantitative estimate of drug-likeness (QED) is 0.535. The molecule has 0 aliphatic rings. The molecule has 23 heavy (non-hydrogen) atoms. The molecule has 0 aliphatic carbocycles. The maximum atomic E-state index is 10.6. The number of pyridine rings is 1. The fraction of sp³-hybridized carbons (Fsp3) is 0.250. The van der Waals surface area contributed by atoms with Gasteiger partial charge in [-0.05, 0) is 36.2 Å². The van der Waals surface area contributed by atoms with Gasteiger partial charge in [0.15, 0.2) is 0 Å². The molecular formula is C16H19N3O4. The number of amides is 1. The van der Waals surface area contributed by atoms with Crippen molar-refractivity contribution in [3.05, 3.63) is 47.7 Å². The molecule has 7 nitrogen and oxygen atoms in total. The van der Waals surface area contributed by atoms with Crippen LogP contribution in [0, 0.1) is 0 Å². The number of nitrogen functional groups attached to an aromatic ring is 1. The minimum absolute atomic E-state index is 0.279. The van der Waals surface area contributed by atoms with Gasteiger partial charge in [-0.3, -0.25) is 5.32 Å². The second-order valence-electron chi connectivity index (χ2n) is 4.82. The van der Waals surface area contributed by atoms with E-state index in [0.29, 0.717) is 36.8 Å². The Morgan fingerprint density at radius 2 is 2.17 bits per heavy atom. The summed E-state index contributed by atoms with van der Waals surface area (Å²) in [7, 11) is 1.58. The topological polar surface area (TPSA) is 107 Å². The lowest BCUT2D eigenvalue weighted by Crippen LogP contribution is -2.09. The molecule has 2 rings (SSSR count). The number of ether oxygens (including phenoxy) is 2. The Labute approximate surface area is 134 Å². The summed E-state index contributed by atoms with van der Waals surface area (Å²) < 4.78 is 10.7. The predicted octanol–water partition coefficient (Wildman–Crippen LogP) is 2.52. The first-order valence-corrected chi connectivity index (χ1v) is 7.04. The zero-order chi connectivity index (χ0) is 16.7. The van der Waals surface area contributed by atoms with Crippen LogP contribution in [0.25, 0.3) is 0 Å². The van der Waals surface area contributed by atoms with Gasteiger partial charge in [0.2, 0.25) is 0 Å². The molecule has 1 amide bonds. The van der Waals surface area contributed by atoms with Crippen molar-refractivity contribution < 1.29 is 19.4 Å². The van der Waals surface area contributed by atoms with E-state index in [-0.39, 0.29) is 5.82 Å². The monoisotopic (exact) mass is 317 g/mol. The van der Waals surface area contributed by atoms with E-state index >= 15 is 0 Å². The standard InChI is InChI=1S/C16H19N3O4/c1-22-14-6-5-11(9-13(14)17)7-8-23-10-12-3-2-4-15(18-12)19-16(20)21/h2-6,9H,7-8,10,17H2,1H3,(H,18,19)(H,20,21). The Morgan fingerprint density at radius 3 is 2.87 bits per heavy atom. The number of rotatable bonds is 7. The molecule has 1 heterocycles. The number of benzene rings is 1. The van der Waals surface area contributed by atoms with Crippen LogP contribution in [-0.4, -0.2) is 29.9 Å². The highest BCUT2D eigenvalue weighted by atomic mass is 16.5. The summed E-state index contributed by atoms with van der Waals surface area (Å²) in [5.74, 6) is 0.933. The van der Waals surface area contributed by atoms with Crippen molar-refractivity contribution in [3.63, 3.8) is 0 Å². The third-order valence-electron chi connectivity index (χ3n) is 3.12. The van der Waals surface area contributed by atoms with Gasteiger partial charge < -0.3 is 20.3 Å². The van der Waals surface area contributed by atoms with Gasteiger partial charge in [-0.15, -0.1) is 0 Å². The molecule has 0 saturated heterocycles. The van der Waals surface area contributed by atoms with Crippen molar-refractivity contribution in [1.82, 2.24) is 4.98 Å². The summed E-state index contributed by atoms with van der Waals surface area (Å²) in [5, 5.41) is 10.9. The number of carbonyl (C=O) groups is 1. The molecule has 122 valence electrons. The summed E-state index contributed by atoms with van der Waals surface area (Å²) in [4.78, 5) is 14.7. The normalized spacial score (nSPS) is 10.3. The summed E-state index contributed by atoms with van der Waals surface area (Å²) in [6, 6.07) is 10.7. The first kappa shape index (κ1) is 16.6. The number of methoxy groups -OCH3 is 1. The van der Waals surface area contributed by atoms with Crippen LogP contribution in [0.3, 0.4) is 0 Å². The molecule has 7 heteroatoms. The highest BCUT2D eigenvalue weighted by molar-refractivity contribution is 5.81. The lowest BCUT2D eigenvalue weighted by Gasteiger charge is -2.08. The van der Waals surface area contributed by atoms with Crippen LogP contribution in [0.2, 0.25) is 0 Å². The third kappa shape index (κ3) is 5.15. The number of nitrogens with two attached hydrogens (primary N) is 1. The molecule has 0 unspecified atom stereocenters. The van der Waals surface area contributed by atoms with E-state index in [0.717, 1.165) is 5.56 Å². The number of aromatic nitrogens is 1. The van der Waals surface area contributed by atoms with E-state index in [4.69, 9.17) is 20.3 Å². The van der Waals surface area contributed by atoms with E-state index in [9.17, 15) is 4.79 Å². The number of hydrogen-bond donors (Lipinski definition) is 3. The van der Waals surface area contributed by atoms with Crippen molar-refractivity contribution in [2.45, 2.75) is 13.0 Å². The van der Waals surface area contributed by atoms with Crippen LogP contribution in [0.15, 0.2) is 36.4 Å². The zero-order valence-electron chi connectivity index (χ0n) is 12.8. The number of carboxylic acid groups (broad SMARTS) is 1. The van der Waals surface area contributed by atoms with Crippen molar-refractivity contribution in [2.75, 3.05) is 24.8 Å². The summed E-state index contributed by atoms with van der Waals surface area (Å²) in [6.45, 7) is 0.810. The van der Waals surface area contributed by atoms with Gasteiger partial charge in [0, 0.05) is 0 Å². The highest BCUT2D eigenvalue weighted by Crippen LogP contribution is 2.22. The minimum Gasteiger partial charge on any atom is -0.495 e. The van der Waals surface area contributed by atoms with E-state index in [1.54, 1.807) is 25.3 Å². The van der Waals surface area contributed by atoms with Crippen LogP contribution in [0.4, 0.5) is 16.3 Å². The zero-order valence-corrected chi connectivity index (χ0v) is 12.8. The fourth-order valence-electron chi connectivity index (χ4n) is 2.05. The van der Waals surface area contributed by atoms with E-state index in [1.807, 2.05) is 18.2 Å². The second kappa shape index (κ2) is 8.00. The first-order valence-electron chi connectivity index (χ1n) is 7.04. The van der Waals surface area contributed by atoms with Crippen molar-refractivity contribution >= 4 is 17.6 Å². The van der Waals surface area contributed by atoms with Gasteiger partial charge in [0.05, 0.1) is 31.7 Å². The molecule has 0 spiro atoms. The average Bonchev–Trinajstić information content (AvgIpc) is 2.51. The Bertz CT molecular complexity index is 676. The maximum absolute atomic E-state index is 10.6. The van der Waals surface area contributed by atoms with Gasteiger partial charge in [-0.1, -0.05) is 12.1 Å². The first-order chi connectivity index (χ1) is 11.1. The summed E-state index contributed by atoms with van der Waals surface area (Å²) in [5.41, 5.74) is 8.16. The largest absolute Gasteiger partial charge is 0.495 e. The lowest BCUT2D eigenvalue weighted by molar-refractivity contribution is 0.121. The van der Waals surface area contributed by atoms with Crippen molar-refractivity contribution in [1.29, 1.82) is 0 Å². The molecule has 0 bridgehead atoms. The molecule has 0 atom stereocenters. The van der Waals surface area contributed by atoms with Crippen LogP contribution in [0.1, 0.15) is 11.3 Å². The molecule has 1 aromatic heterocycles. The van der Waals surface area contributed by atoms with Crippen LogP contribution in [-0.2, 0) is 17.8 Å². The lowest BCUT2D eigenvalue weighted by atomic mass is 10.1. The molecular weight excluding hydrogens is 298 g/mol. The van der Waals surface area contributed by atoms with Gasteiger partial charge in [-0.2, -0.15) is 0 Å². The molecule has 2 aromatic rings. The smallest absolute Gasteiger partial charge is 0.410 e. The Kier molecular flexibility index (Phi) is 5.76. The van der Waals surface area contributed by atoms with Gasteiger partial charge in [0.1, 0.15) is 11.6 Å². The van der Waals surface area contributed by atoms with E-state index in [2.05, 4.69) is 10.3 Å². The average molecular weight is 317 g/mol. The van der Waals surface area contributed by atoms with Crippen molar-refractivity contribution in [3.8, 4) is 5.75 Å². The third-order valence-corrected chi connectivity index (χ3v) is 3.12. The summed E-state index contributed by atoms with van der Waals surface area (Å²) >= 11 is 0. The van der Waals surface area contributed by atoms with Crippen LogP contribution < -0.4 is 15.8 Å². The molecule has 4 N–H and O–H groups in total. The van der Waals surface area contributed by atoms with Crippen LogP contribution >= 0.6 is 0 Å². The number of anilines is 2. The maximum Gasteiger partial charge on any atom is 0.410 e. The van der Waals surface area contributed by atoms with Gasteiger partial charge in [0.25, 0.3) is 0 Å². The summed E-state index contributed by atoms with van der Waals surface area (Å²) in [6.07, 6.45) is -0.436. The molecule has 0 radical (unpaired) electrons. The minimum atomic E-state index is -1.15. The van der Waals surface area contributed by atoms with E-state index in [1.165, 1.54) is 0 Å². The Hall–Kier alpha value is -2.80. The fourth-order valence-corrected chi connectivity index (χ4v) is 2.05. The van der Waals surface area contributed by atoms with Crippen molar-refractivity contribution in [2.24, 2.45) is 0 Å². The van der Waals surface area contributed by atoms with Gasteiger partial charge in [-0.25, -0.2) is 9.78 Å². The number of nitrogens with one attached hydrogen (secondary N) is 1. The predicted molar refractivity (Wildman–Crippen MR) is 86.7 cm³/mol. The Balaban J connectivity index is 1.81. The number of nitrogens with zero attached hydrogens (tertiary/aromatic N) is 1. The highest BCUT2D eigenvalue weighted by Gasteiger charge is 2.03. The Morgan fingerprint density at radius 1 is 1.35 bits per heavy atom. The number of hydrogen-bond acceptors (Lipinski definition) is 5. The second-order valence-corrected chi connectivity index (χ2v) is 4.82. The van der Waals surface area contributed by atoms with E-state index < -0.39 is 6.09 Å². The SMILES string of the molecule is COc1ccc(CCOCc2cccc(NC(=O)O)n2)cc1N. The molecule has 0 fully saturated rings. The van der Waals surface area contributed by atoms with Gasteiger partial charge >= 0.3 is 6.09 Å². The molecule has 1 aromatic carbocycles. The molecule has 0 saturated carbocycles. The van der Waals surface area contributed by atoms with Crippen LogP contribution in [0.5, 0.6) is 5.75 Å². The molecule has 0 aliphatic heterocycles.